The molecule has 0 aromatic carbocycles. The third-order valence-corrected chi connectivity index (χ3v) is 3.40. The van der Waals surface area contributed by atoms with E-state index in [1.165, 1.54) is 38.5 Å². The predicted molar refractivity (Wildman–Crippen MR) is 62.0 cm³/mol. The van der Waals surface area contributed by atoms with Gasteiger partial charge in [0.15, 0.2) is 0 Å². The molecule has 1 aliphatic rings. The molecule has 0 spiro atoms. The first kappa shape index (κ1) is 11.6. The van der Waals surface area contributed by atoms with E-state index in [4.69, 9.17) is 4.42 Å². The summed E-state index contributed by atoms with van der Waals surface area (Å²) in [5.41, 5.74) is 0. The minimum Gasteiger partial charge on any atom is -0.424 e. The molecule has 2 rings (SSSR count). The smallest absolute Gasteiger partial charge is 0.230 e. The Balaban J connectivity index is 1.88. The van der Waals surface area contributed by atoms with Crippen LogP contribution in [0.1, 0.15) is 50.3 Å². The summed E-state index contributed by atoms with van der Waals surface area (Å²) in [5, 5.41) is 7.91. The molecule has 1 heterocycles. The maximum Gasteiger partial charge on any atom is 0.230 e. The highest BCUT2D eigenvalue weighted by Crippen LogP contribution is 2.21. The molecular weight excluding hydrogens is 202 g/mol. The van der Waals surface area contributed by atoms with Gasteiger partial charge >= 0.3 is 0 Å². The molecule has 0 amide bonds. The second-order valence-corrected chi connectivity index (χ2v) is 4.78. The lowest BCUT2D eigenvalue weighted by molar-refractivity contribution is 0.193. The van der Waals surface area contributed by atoms with Crippen LogP contribution in [0, 0.1) is 6.92 Å². The van der Waals surface area contributed by atoms with Gasteiger partial charge in [0.25, 0.3) is 0 Å². The van der Waals surface area contributed by atoms with Gasteiger partial charge in [0, 0.05) is 13.0 Å². The van der Waals surface area contributed by atoms with Crippen molar-refractivity contribution in [3.05, 3.63) is 11.8 Å². The fourth-order valence-electron chi connectivity index (χ4n) is 2.44. The number of aryl methyl sites for hydroxylation is 1. The van der Waals surface area contributed by atoms with Crippen LogP contribution in [0.5, 0.6) is 0 Å². The molecule has 1 aromatic heterocycles. The van der Waals surface area contributed by atoms with Crippen molar-refractivity contribution in [2.24, 2.45) is 0 Å². The van der Waals surface area contributed by atoms with Gasteiger partial charge in [-0.3, -0.25) is 4.90 Å². The number of hydrogen-bond donors (Lipinski definition) is 0. The summed E-state index contributed by atoms with van der Waals surface area (Å²) in [6.07, 6.45) is 8.12. The zero-order valence-electron chi connectivity index (χ0n) is 10.3. The number of rotatable bonds is 3. The zero-order chi connectivity index (χ0) is 11.4. The van der Waals surface area contributed by atoms with Crippen LogP contribution in [0.25, 0.3) is 0 Å². The lowest BCUT2D eigenvalue weighted by Crippen LogP contribution is -2.30. The van der Waals surface area contributed by atoms with E-state index in [1.807, 2.05) is 6.92 Å². The molecule has 4 heteroatoms. The Labute approximate surface area is 97.0 Å². The van der Waals surface area contributed by atoms with E-state index in [2.05, 4.69) is 22.1 Å². The highest BCUT2D eigenvalue weighted by Gasteiger charge is 2.18. The first-order valence-corrected chi connectivity index (χ1v) is 6.25. The highest BCUT2D eigenvalue weighted by atomic mass is 16.4. The molecule has 1 aliphatic carbocycles. The van der Waals surface area contributed by atoms with E-state index >= 15 is 0 Å². The molecule has 0 atom stereocenters. The largest absolute Gasteiger partial charge is 0.424 e. The minimum absolute atomic E-state index is 0.657. The predicted octanol–water partition coefficient (Wildman–Crippen LogP) is 2.53. The van der Waals surface area contributed by atoms with Gasteiger partial charge in [0.2, 0.25) is 11.8 Å². The Bertz CT molecular complexity index is 316. The normalized spacial score (nSPS) is 18.9. The second-order valence-electron chi connectivity index (χ2n) is 4.78. The summed E-state index contributed by atoms with van der Waals surface area (Å²) in [6, 6.07) is 0.690. The van der Waals surface area contributed by atoms with Gasteiger partial charge < -0.3 is 4.42 Å². The molecule has 0 unspecified atom stereocenters. The van der Waals surface area contributed by atoms with Crippen LogP contribution in [0.4, 0.5) is 0 Å². The summed E-state index contributed by atoms with van der Waals surface area (Å²) in [7, 11) is 2.16. The van der Waals surface area contributed by atoms with Crippen molar-refractivity contribution < 1.29 is 4.42 Å². The molecule has 16 heavy (non-hydrogen) atoms. The Hall–Kier alpha value is -0.900. The molecule has 1 fully saturated rings. The highest BCUT2D eigenvalue weighted by molar-refractivity contribution is 4.81. The molecular formula is C12H21N3O. The maximum absolute atomic E-state index is 5.41. The molecule has 0 bridgehead atoms. The van der Waals surface area contributed by atoms with E-state index in [1.54, 1.807) is 0 Å². The molecule has 0 N–H and O–H groups in total. The zero-order valence-corrected chi connectivity index (χ0v) is 10.3. The number of hydrogen-bond acceptors (Lipinski definition) is 4. The average molecular weight is 223 g/mol. The van der Waals surface area contributed by atoms with Crippen molar-refractivity contribution in [1.29, 1.82) is 0 Å². The molecule has 0 saturated heterocycles. The molecule has 4 nitrogen and oxygen atoms in total. The summed E-state index contributed by atoms with van der Waals surface area (Å²) >= 11 is 0. The first-order valence-electron chi connectivity index (χ1n) is 6.25. The van der Waals surface area contributed by atoms with Crippen LogP contribution in [0.2, 0.25) is 0 Å². The molecule has 1 saturated carbocycles. The van der Waals surface area contributed by atoms with Crippen LogP contribution in [-0.2, 0) is 6.54 Å². The SMILES string of the molecule is Cc1nnc(CN(C)C2CCCCCC2)o1. The van der Waals surface area contributed by atoms with E-state index < -0.39 is 0 Å². The molecule has 0 aliphatic heterocycles. The summed E-state index contributed by atoms with van der Waals surface area (Å²) in [6.45, 7) is 2.62. The first-order chi connectivity index (χ1) is 7.75. The van der Waals surface area contributed by atoms with Crippen molar-refractivity contribution in [2.75, 3.05) is 7.05 Å². The minimum atomic E-state index is 0.657. The summed E-state index contributed by atoms with van der Waals surface area (Å²) in [4.78, 5) is 2.36. The van der Waals surface area contributed by atoms with Gasteiger partial charge in [0.1, 0.15) is 0 Å². The van der Waals surface area contributed by atoms with Crippen molar-refractivity contribution >= 4 is 0 Å². The lowest BCUT2D eigenvalue weighted by Gasteiger charge is -2.25. The average Bonchev–Trinajstić information content (AvgIpc) is 2.56. The third kappa shape index (κ3) is 3.04. The summed E-state index contributed by atoms with van der Waals surface area (Å²) < 4.78 is 5.41. The van der Waals surface area contributed by atoms with E-state index in [0.717, 1.165) is 12.4 Å². The van der Waals surface area contributed by atoms with Gasteiger partial charge in [-0.15, -0.1) is 10.2 Å². The van der Waals surface area contributed by atoms with Gasteiger partial charge in [-0.1, -0.05) is 25.7 Å². The van der Waals surface area contributed by atoms with Crippen molar-refractivity contribution in [3.8, 4) is 0 Å². The number of nitrogens with zero attached hydrogens (tertiary/aromatic N) is 3. The van der Waals surface area contributed by atoms with Crippen LogP contribution < -0.4 is 0 Å². The van der Waals surface area contributed by atoms with E-state index in [9.17, 15) is 0 Å². The fraction of sp³-hybridized carbons (Fsp3) is 0.833. The van der Waals surface area contributed by atoms with Gasteiger partial charge in [-0.25, -0.2) is 0 Å². The van der Waals surface area contributed by atoms with Gasteiger partial charge in [-0.2, -0.15) is 0 Å². The van der Waals surface area contributed by atoms with Crippen molar-refractivity contribution in [1.82, 2.24) is 15.1 Å². The topological polar surface area (TPSA) is 42.2 Å². The molecule has 0 radical (unpaired) electrons. The quantitative estimate of drug-likeness (QED) is 0.738. The summed E-state index contributed by atoms with van der Waals surface area (Å²) in [5.74, 6) is 1.40. The van der Waals surface area contributed by atoms with Crippen LogP contribution in [0.3, 0.4) is 0 Å². The number of aromatic nitrogens is 2. The molecule has 90 valence electrons. The standard InChI is InChI=1S/C12H21N3O/c1-10-13-14-12(16-10)9-15(2)11-7-5-3-4-6-8-11/h11H,3-9H2,1-2H3. The van der Waals surface area contributed by atoms with Gasteiger partial charge in [-0.05, 0) is 19.9 Å². The maximum atomic E-state index is 5.41. The Morgan fingerprint density at radius 3 is 2.44 bits per heavy atom. The van der Waals surface area contributed by atoms with E-state index in [-0.39, 0.29) is 0 Å². The Kier molecular flexibility index (Phi) is 3.93. The van der Waals surface area contributed by atoms with Crippen LogP contribution in [-0.4, -0.2) is 28.2 Å². The lowest BCUT2D eigenvalue weighted by atomic mass is 10.1. The van der Waals surface area contributed by atoms with Crippen LogP contribution >= 0.6 is 0 Å². The Morgan fingerprint density at radius 1 is 1.19 bits per heavy atom. The van der Waals surface area contributed by atoms with Crippen molar-refractivity contribution in [2.45, 2.75) is 58.0 Å². The van der Waals surface area contributed by atoms with Crippen LogP contribution in [0.15, 0.2) is 4.42 Å². The van der Waals surface area contributed by atoms with Crippen molar-refractivity contribution in [3.63, 3.8) is 0 Å². The second kappa shape index (κ2) is 5.43. The third-order valence-electron chi connectivity index (χ3n) is 3.40. The molecule has 1 aromatic rings. The van der Waals surface area contributed by atoms with E-state index in [0.29, 0.717) is 11.9 Å². The fourth-order valence-corrected chi connectivity index (χ4v) is 2.44. The Morgan fingerprint density at radius 2 is 1.88 bits per heavy atom. The monoisotopic (exact) mass is 223 g/mol. The van der Waals surface area contributed by atoms with Gasteiger partial charge in [0.05, 0.1) is 6.54 Å².